The maximum absolute atomic E-state index is 5.33. The minimum Gasteiger partial charge on any atom is -0.364 e. The maximum Gasteiger partial charge on any atom is 0.187 e. The first-order valence-electron chi connectivity index (χ1n) is 5.31. The number of thiocarbonyl (C=S) groups is 2. The quantitative estimate of drug-likeness (QED) is 0.258. The Morgan fingerprint density at radius 1 is 1.06 bits per heavy atom. The Hall–Kier alpha value is -1.32. The van der Waals surface area contributed by atoms with Gasteiger partial charge in [0.05, 0.1) is 11.4 Å². The fraction of sp³-hybridized carbons (Fsp3) is 0.556. The van der Waals surface area contributed by atoms with Crippen molar-refractivity contribution >= 4 is 46.1 Å². The summed E-state index contributed by atoms with van der Waals surface area (Å²) in [6.07, 6.45) is 0. The second kappa shape index (κ2) is 9.68. The molecule has 0 saturated carbocycles. The molecular formula is C9H19N7S2. The van der Waals surface area contributed by atoms with E-state index in [1.54, 1.807) is 7.05 Å². The van der Waals surface area contributed by atoms with Gasteiger partial charge in [0.15, 0.2) is 10.2 Å². The van der Waals surface area contributed by atoms with Crippen LogP contribution in [0.4, 0.5) is 0 Å². The van der Waals surface area contributed by atoms with Gasteiger partial charge in [-0.25, -0.2) is 0 Å². The Balaban J connectivity index is 4.23. The molecule has 0 aromatic heterocycles. The first kappa shape index (κ1) is 16.7. The number of hydrogen-bond acceptors (Lipinski definition) is 5. The third-order valence-electron chi connectivity index (χ3n) is 1.83. The zero-order chi connectivity index (χ0) is 14.0. The lowest BCUT2D eigenvalue weighted by Gasteiger charge is -2.07. The van der Waals surface area contributed by atoms with Crippen LogP contribution in [0.25, 0.3) is 0 Å². The molecule has 7 nitrogen and oxygen atoms in total. The molecule has 0 spiro atoms. The molecule has 18 heavy (non-hydrogen) atoms. The zero-order valence-corrected chi connectivity index (χ0v) is 12.3. The van der Waals surface area contributed by atoms with Gasteiger partial charge in [0, 0.05) is 20.1 Å². The van der Waals surface area contributed by atoms with Crippen LogP contribution in [-0.2, 0) is 0 Å². The van der Waals surface area contributed by atoms with E-state index in [1.807, 2.05) is 13.8 Å². The summed E-state index contributed by atoms with van der Waals surface area (Å²) in [4.78, 5) is 0. The van der Waals surface area contributed by atoms with Crippen LogP contribution in [0.5, 0.6) is 0 Å². The highest BCUT2D eigenvalue weighted by Gasteiger charge is 1.98. The van der Waals surface area contributed by atoms with E-state index in [1.165, 1.54) is 0 Å². The summed E-state index contributed by atoms with van der Waals surface area (Å²) in [6, 6.07) is 0. The topological polar surface area (TPSA) is 98.9 Å². The first-order chi connectivity index (χ1) is 8.51. The van der Waals surface area contributed by atoms with Crippen molar-refractivity contribution in [2.24, 2.45) is 15.9 Å². The monoisotopic (exact) mass is 289 g/mol. The Bertz CT molecular complexity index is 351. The third kappa shape index (κ3) is 7.87. The Morgan fingerprint density at radius 2 is 1.56 bits per heavy atom. The van der Waals surface area contributed by atoms with Crippen molar-refractivity contribution in [1.29, 1.82) is 0 Å². The highest BCUT2D eigenvalue weighted by atomic mass is 32.1. The second-order valence-electron chi connectivity index (χ2n) is 3.24. The van der Waals surface area contributed by atoms with Crippen molar-refractivity contribution in [3.8, 4) is 0 Å². The van der Waals surface area contributed by atoms with Crippen LogP contribution in [0.3, 0.4) is 0 Å². The SMILES string of the molecule is CNC(=S)NN=C(C)C(C)=NNC(=S)NCCN. The number of nitrogens with one attached hydrogen (secondary N) is 4. The average Bonchev–Trinajstić information content (AvgIpc) is 2.38. The van der Waals surface area contributed by atoms with Gasteiger partial charge in [-0.05, 0) is 38.3 Å². The summed E-state index contributed by atoms with van der Waals surface area (Å²) in [5.74, 6) is 0. The highest BCUT2D eigenvalue weighted by molar-refractivity contribution is 7.80. The van der Waals surface area contributed by atoms with E-state index >= 15 is 0 Å². The van der Waals surface area contributed by atoms with Gasteiger partial charge in [0.2, 0.25) is 0 Å². The van der Waals surface area contributed by atoms with Crippen LogP contribution < -0.4 is 27.2 Å². The van der Waals surface area contributed by atoms with Crippen LogP contribution in [0.15, 0.2) is 10.2 Å². The fourth-order valence-electron chi connectivity index (χ4n) is 0.712. The summed E-state index contributed by atoms with van der Waals surface area (Å²) >= 11 is 9.87. The van der Waals surface area contributed by atoms with Crippen molar-refractivity contribution < 1.29 is 0 Å². The first-order valence-corrected chi connectivity index (χ1v) is 6.13. The fourth-order valence-corrected chi connectivity index (χ4v) is 0.906. The lowest BCUT2D eigenvalue weighted by molar-refractivity contribution is 0.845. The second-order valence-corrected chi connectivity index (χ2v) is 4.06. The lowest BCUT2D eigenvalue weighted by atomic mass is 10.3. The van der Waals surface area contributed by atoms with Crippen molar-refractivity contribution in [3.05, 3.63) is 0 Å². The molecule has 0 aliphatic carbocycles. The third-order valence-corrected chi connectivity index (χ3v) is 2.36. The molecule has 0 aromatic carbocycles. The van der Waals surface area contributed by atoms with Crippen LogP contribution in [0.1, 0.15) is 13.8 Å². The number of nitrogens with zero attached hydrogens (tertiary/aromatic N) is 2. The number of nitrogens with two attached hydrogens (primary N) is 1. The summed E-state index contributed by atoms with van der Waals surface area (Å²) in [6.45, 7) is 4.73. The minimum atomic E-state index is 0.423. The van der Waals surface area contributed by atoms with Gasteiger partial charge in [0.25, 0.3) is 0 Å². The number of hydrogen-bond donors (Lipinski definition) is 5. The smallest absolute Gasteiger partial charge is 0.187 e. The van der Waals surface area contributed by atoms with Gasteiger partial charge in [0.1, 0.15) is 0 Å². The molecule has 0 rings (SSSR count). The van der Waals surface area contributed by atoms with Crippen molar-refractivity contribution in [2.45, 2.75) is 13.8 Å². The van der Waals surface area contributed by atoms with Crippen molar-refractivity contribution in [1.82, 2.24) is 21.5 Å². The standard InChI is InChI=1S/C9H19N7S2/c1-6(13-15-8(17)11-3)7(2)14-16-9(18)12-5-4-10/h4-5,10H2,1-3H3,(H2,11,15,17)(H2,12,16,18). The number of rotatable bonds is 5. The summed E-state index contributed by atoms with van der Waals surface area (Å²) < 4.78 is 0. The molecule has 0 radical (unpaired) electrons. The van der Waals surface area contributed by atoms with Gasteiger partial charge in [-0.1, -0.05) is 0 Å². The molecule has 0 fully saturated rings. The van der Waals surface area contributed by atoms with Gasteiger partial charge < -0.3 is 16.4 Å². The van der Waals surface area contributed by atoms with E-state index < -0.39 is 0 Å². The lowest BCUT2D eigenvalue weighted by Crippen LogP contribution is -2.36. The van der Waals surface area contributed by atoms with E-state index in [4.69, 9.17) is 30.2 Å². The minimum absolute atomic E-state index is 0.423. The number of hydrazone groups is 2. The molecule has 0 atom stereocenters. The molecule has 0 saturated heterocycles. The van der Waals surface area contributed by atoms with Gasteiger partial charge >= 0.3 is 0 Å². The summed E-state index contributed by atoms with van der Waals surface area (Å²) in [5.41, 5.74) is 12.1. The molecule has 0 heterocycles. The van der Waals surface area contributed by atoms with E-state index in [0.717, 1.165) is 0 Å². The molecule has 0 amide bonds. The predicted molar refractivity (Wildman–Crippen MR) is 83.8 cm³/mol. The van der Waals surface area contributed by atoms with Gasteiger partial charge in [-0.15, -0.1) is 0 Å². The van der Waals surface area contributed by atoms with E-state index in [2.05, 4.69) is 31.7 Å². The molecule has 9 heteroatoms. The normalized spacial score (nSPS) is 11.8. The maximum atomic E-state index is 5.33. The highest BCUT2D eigenvalue weighted by Crippen LogP contribution is 1.82. The predicted octanol–water partition coefficient (Wildman–Crippen LogP) is -0.745. The molecule has 0 aliphatic heterocycles. The molecule has 0 aromatic rings. The summed E-state index contributed by atoms with van der Waals surface area (Å²) in [7, 11) is 1.71. The molecule has 6 N–H and O–H groups in total. The van der Waals surface area contributed by atoms with Crippen LogP contribution in [-0.4, -0.2) is 41.8 Å². The average molecular weight is 289 g/mol. The molecule has 102 valence electrons. The van der Waals surface area contributed by atoms with Gasteiger partial charge in [-0.3, -0.25) is 10.9 Å². The van der Waals surface area contributed by atoms with E-state index in [-0.39, 0.29) is 0 Å². The molecule has 0 aliphatic rings. The van der Waals surface area contributed by atoms with Crippen LogP contribution in [0.2, 0.25) is 0 Å². The Kier molecular flexibility index (Phi) is 8.97. The van der Waals surface area contributed by atoms with E-state index in [9.17, 15) is 0 Å². The molecule has 0 unspecified atom stereocenters. The van der Waals surface area contributed by atoms with E-state index in [0.29, 0.717) is 34.7 Å². The Morgan fingerprint density at radius 3 is 2.00 bits per heavy atom. The van der Waals surface area contributed by atoms with Crippen molar-refractivity contribution in [2.75, 3.05) is 20.1 Å². The Labute approximate surface area is 118 Å². The zero-order valence-electron chi connectivity index (χ0n) is 10.7. The largest absolute Gasteiger partial charge is 0.364 e. The van der Waals surface area contributed by atoms with Crippen LogP contribution >= 0.6 is 24.4 Å². The van der Waals surface area contributed by atoms with Crippen LogP contribution in [0, 0.1) is 0 Å². The van der Waals surface area contributed by atoms with Crippen molar-refractivity contribution in [3.63, 3.8) is 0 Å². The molecule has 0 bridgehead atoms. The summed E-state index contributed by atoms with van der Waals surface area (Å²) in [5, 5.41) is 14.6. The molecular weight excluding hydrogens is 270 g/mol. The van der Waals surface area contributed by atoms with Gasteiger partial charge in [-0.2, -0.15) is 10.2 Å².